The van der Waals surface area contributed by atoms with E-state index in [0.29, 0.717) is 6.10 Å². The van der Waals surface area contributed by atoms with Crippen molar-refractivity contribution in [2.45, 2.75) is 104 Å². The van der Waals surface area contributed by atoms with Crippen molar-refractivity contribution in [3.63, 3.8) is 0 Å². The van der Waals surface area contributed by atoms with Crippen LogP contribution in [0.1, 0.15) is 95.7 Å². The summed E-state index contributed by atoms with van der Waals surface area (Å²) in [5.41, 5.74) is 2.53. The third-order valence-electron chi connectivity index (χ3n) is 7.09. The Hall–Kier alpha value is -1.05. The molecule has 3 rings (SSSR count). The zero-order valence-corrected chi connectivity index (χ0v) is 17.3. The molecule has 1 aromatic heterocycles. The van der Waals surface area contributed by atoms with Gasteiger partial charge in [-0.2, -0.15) is 0 Å². The van der Waals surface area contributed by atoms with Gasteiger partial charge in [0.15, 0.2) is 0 Å². The maximum Gasteiger partial charge on any atom is 0.138 e. The van der Waals surface area contributed by atoms with Crippen LogP contribution in [0.15, 0.2) is 12.3 Å². The first-order valence-electron chi connectivity index (χ1n) is 11.3. The summed E-state index contributed by atoms with van der Waals surface area (Å²) in [6.45, 7) is 6.77. The summed E-state index contributed by atoms with van der Waals surface area (Å²) in [6, 6.07) is 2.20. The molecule has 2 fully saturated rings. The zero-order valence-electron chi connectivity index (χ0n) is 17.3. The van der Waals surface area contributed by atoms with Crippen molar-refractivity contribution in [2.75, 3.05) is 0 Å². The van der Waals surface area contributed by atoms with Crippen LogP contribution in [-0.2, 0) is 6.42 Å². The van der Waals surface area contributed by atoms with E-state index in [-0.39, 0.29) is 0 Å². The van der Waals surface area contributed by atoms with E-state index in [1.807, 2.05) is 6.20 Å². The Morgan fingerprint density at radius 3 is 2.19 bits per heavy atom. The fraction of sp³-hybridized carbons (Fsp3) is 0.792. The number of unbranched alkanes of at least 4 members (excludes halogenated alkanes) is 1. The molecule has 2 saturated carbocycles. The predicted octanol–water partition coefficient (Wildman–Crippen LogP) is 6.89. The van der Waals surface area contributed by atoms with Crippen molar-refractivity contribution in [2.24, 2.45) is 17.8 Å². The topological polar surface area (TPSA) is 22.1 Å². The van der Waals surface area contributed by atoms with E-state index in [0.717, 1.165) is 29.9 Å². The van der Waals surface area contributed by atoms with E-state index >= 15 is 0 Å². The highest BCUT2D eigenvalue weighted by molar-refractivity contribution is 5.28. The average molecular weight is 358 g/mol. The standard InChI is InChI=1S/C24H39NO/c1-4-6-7-24-18(3)16-23(17-25-24)26-22-14-12-21(13-15-22)20-10-8-19(5-2)9-11-20/h16-17,19-22H,4-15H2,1-3H3. The van der Waals surface area contributed by atoms with Gasteiger partial charge in [-0.15, -0.1) is 0 Å². The number of ether oxygens (including phenoxy) is 1. The van der Waals surface area contributed by atoms with Gasteiger partial charge < -0.3 is 4.74 Å². The minimum absolute atomic E-state index is 0.404. The molecule has 2 aliphatic carbocycles. The molecule has 1 heterocycles. The Kier molecular flexibility index (Phi) is 7.40. The number of aromatic nitrogens is 1. The molecule has 0 bridgehead atoms. The molecule has 0 radical (unpaired) electrons. The third-order valence-corrected chi connectivity index (χ3v) is 7.09. The molecule has 1 aromatic rings. The fourth-order valence-corrected chi connectivity index (χ4v) is 5.19. The summed E-state index contributed by atoms with van der Waals surface area (Å²) in [6.07, 6.45) is 18.4. The van der Waals surface area contributed by atoms with Crippen molar-refractivity contribution < 1.29 is 4.74 Å². The number of hydrogen-bond donors (Lipinski definition) is 0. The number of hydrogen-bond acceptors (Lipinski definition) is 2. The molecule has 0 N–H and O–H groups in total. The summed E-state index contributed by atoms with van der Waals surface area (Å²) < 4.78 is 6.30. The molecule has 2 aliphatic rings. The second-order valence-electron chi connectivity index (χ2n) is 8.88. The van der Waals surface area contributed by atoms with Crippen LogP contribution in [0.3, 0.4) is 0 Å². The smallest absolute Gasteiger partial charge is 0.138 e. The lowest BCUT2D eigenvalue weighted by atomic mass is 9.70. The SMILES string of the molecule is CCCCc1ncc(OC2CCC(C3CCC(CC)CC3)CC2)cc1C. The van der Waals surface area contributed by atoms with Gasteiger partial charge in [0.2, 0.25) is 0 Å². The average Bonchev–Trinajstić information content (AvgIpc) is 2.68. The summed E-state index contributed by atoms with van der Waals surface area (Å²) in [5.74, 6) is 3.96. The van der Waals surface area contributed by atoms with E-state index in [1.165, 1.54) is 81.9 Å². The zero-order chi connectivity index (χ0) is 18.4. The number of pyridine rings is 1. The van der Waals surface area contributed by atoms with E-state index < -0.39 is 0 Å². The van der Waals surface area contributed by atoms with Crippen molar-refractivity contribution in [3.05, 3.63) is 23.5 Å². The first-order chi connectivity index (χ1) is 12.7. The lowest BCUT2D eigenvalue weighted by molar-refractivity contribution is 0.0917. The van der Waals surface area contributed by atoms with Crippen molar-refractivity contribution in [1.82, 2.24) is 4.98 Å². The highest BCUT2D eigenvalue weighted by atomic mass is 16.5. The quantitative estimate of drug-likeness (QED) is 0.530. The molecule has 0 saturated heterocycles. The second kappa shape index (κ2) is 9.76. The lowest BCUT2D eigenvalue weighted by Crippen LogP contribution is -2.29. The number of nitrogens with zero attached hydrogens (tertiary/aromatic N) is 1. The molecule has 0 aromatic carbocycles. The van der Waals surface area contributed by atoms with Crippen molar-refractivity contribution in [1.29, 1.82) is 0 Å². The first kappa shape index (κ1) is 19.7. The van der Waals surface area contributed by atoms with Crippen LogP contribution in [0, 0.1) is 24.7 Å². The summed E-state index contributed by atoms with van der Waals surface area (Å²) in [5, 5.41) is 0. The molecule has 0 spiro atoms. The van der Waals surface area contributed by atoms with E-state index in [9.17, 15) is 0 Å². The van der Waals surface area contributed by atoms with Gasteiger partial charge in [0.25, 0.3) is 0 Å². The summed E-state index contributed by atoms with van der Waals surface area (Å²) in [4.78, 5) is 4.66. The largest absolute Gasteiger partial charge is 0.489 e. The maximum atomic E-state index is 6.30. The van der Waals surface area contributed by atoms with Crippen LogP contribution in [-0.4, -0.2) is 11.1 Å². The summed E-state index contributed by atoms with van der Waals surface area (Å²) in [7, 11) is 0. The Balaban J connectivity index is 1.44. The van der Waals surface area contributed by atoms with E-state index in [2.05, 4.69) is 31.8 Å². The van der Waals surface area contributed by atoms with Gasteiger partial charge in [0.1, 0.15) is 5.75 Å². The minimum Gasteiger partial charge on any atom is -0.489 e. The highest BCUT2D eigenvalue weighted by Crippen LogP contribution is 2.41. The van der Waals surface area contributed by atoms with Crippen LogP contribution < -0.4 is 4.74 Å². The van der Waals surface area contributed by atoms with Crippen molar-refractivity contribution >= 4 is 0 Å². The molecule has 26 heavy (non-hydrogen) atoms. The molecule has 146 valence electrons. The third kappa shape index (κ3) is 5.24. The van der Waals surface area contributed by atoms with Gasteiger partial charge >= 0.3 is 0 Å². The number of aryl methyl sites for hydroxylation is 2. The Morgan fingerprint density at radius 2 is 1.62 bits per heavy atom. The van der Waals surface area contributed by atoms with Gasteiger partial charge in [-0.25, -0.2) is 0 Å². The second-order valence-corrected chi connectivity index (χ2v) is 8.88. The van der Waals surface area contributed by atoms with Gasteiger partial charge in [-0.05, 0) is 87.7 Å². The molecule has 0 aliphatic heterocycles. The van der Waals surface area contributed by atoms with Gasteiger partial charge in [-0.3, -0.25) is 4.98 Å². The van der Waals surface area contributed by atoms with Crippen LogP contribution >= 0.6 is 0 Å². The molecular formula is C24H39NO. The molecule has 0 unspecified atom stereocenters. The fourth-order valence-electron chi connectivity index (χ4n) is 5.19. The van der Waals surface area contributed by atoms with Crippen LogP contribution in [0.4, 0.5) is 0 Å². The first-order valence-corrected chi connectivity index (χ1v) is 11.3. The van der Waals surface area contributed by atoms with E-state index in [4.69, 9.17) is 4.74 Å². The van der Waals surface area contributed by atoms with Gasteiger partial charge in [-0.1, -0.05) is 39.5 Å². The van der Waals surface area contributed by atoms with Crippen LogP contribution in [0.2, 0.25) is 0 Å². The number of rotatable bonds is 7. The lowest BCUT2D eigenvalue weighted by Gasteiger charge is -2.37. The Labute approximate surface area is 161 Å². The molecule has 2 nitrogen and oxygen atoms in total. The molecule has 0 amide bonds. The van der Waals surface area contributed by atoms with E-state index in [1.54, 1.807) is 0 Å². The molecule has 0 atom stereocenters. The van der Waals surface area contributed by atoms with Crippen LogP contribution in [0.25, 0.3) is 0 Å². The van der Waals surface area contributed by atoms with Gasteiger partial charge in [0, 0.05) is 5.69 Å². The Bertz CT molecular complexity index is 539. The highest BCUT2D eigenvalue weighted by Gasteiger charge is 2.31. The Morgan fingerprint density at radius 1 is 0.962 bits per heavy atom. The summed E-state index contributed by atoms with van der Waals surface area (Å²) >= 11 is 0. The molecular weight excluding hydrogens is 318 g/mol. The minimum atomic E-state index is 0.404. The predicted molar refractivity (Wildman–Crippen MR) is 110 cm³/mol. The van der Waals surface area contributed by atoms with Crippen molar-refractivity contribution in [3.8, 4) is 5.75 Å². The normalized spacial score (nSPS) is 29.5. The van der Waals surface area contributed by atoms with Gasteiger partial charge in [0.05, 0.1) is 12.3 Å². The van der Waals surface area contributed by atoms with Crippen LogP contribution in [0.5, 0.6) is 5.75 Å². The maximum absolute atomic E-state index is 6.30. The molecule has 2 heteroatoms. The monoisotopic (exact) mass is 357 g/mol.